The van der Waals surface area contributed by atoms with Crippen LogP contribution in [0.3, 0.4) is 0 Å². The van der Waals surface area contributed by atoms with E-state index in [9.17, 15) is 4.79 Å². The number of aromatic nitrogens is 4. The summed E-state index contributed by atoms with van der Waals surface area (Å²) in [5.74, 6) is 0.452. The lowest BCUT2D eigenvalue weighted by molar-refractivity contribution is 0.0183. The first-order valence-corrected chi connectivity index (χ1v) is 9.74. The number of amides is 1. The number of carbonyl (C=O) groups is 1. The summed E-state index contributed by atoms with van der Waals surface area (Å²) in [6, 6.07) is 11.4. The van der Waals surface area contributed by atoms with Crippen LogP contribution in [0.5, 0.6) is 0 Å². The first kappa shape index (κ1) is 17.5. The lowest BCUT2D eigenvalue weighted by atomic mass is 10.1. The Balaban J connectivity index is 1.79. The Kier molecular flexibility index (Phi) is 4.22. The Hall–Kier alpha value is -2.62. The maximum atomic E-state index is 12.2. The lowest BCUT2D eigenvalue weighted by Gasteiger charge is -2.28. The highest BCUT2D eigenvalue weighted by Crippen LogP contribution is 2.43. The fraction of sp³-hybridized carbons (Fsp3) is 0.263. The van der Waals surface area contributed by atoms with Gasteiger partial charge in [-0.1, -0.05) is 22.0 Å². The molecule has 0 bridgehead atoms. The van der Waals surface area contributed by atoms with Crippen LogP contribution in [0.25, 0.3) is 5.69 Å². The smallest absolute Gasteiger partial charge is 0.290 e. The van der Waals surface area contributed by atoms with Crippen LogP contribution in [-0.2, 0) is 4.74 Å². The van der Waals surface area contributed by atoms with Crippen molar-refractivity contribution in [3.8, 4) is 5.69 Å². The zero-order valence-electron chi connectivity index (χ0n) is 15.0. The number of ether oxygens (including phenoxy) is 1. The van der Waals surface area contributed by atoms with Gasteiger partial charge in [-0.05, 0) is 30.3 Å². The molecule has 0 spiro atoms. The van der Waals surface area contributed by atoms with Gasteiger partial charge in [0, 0.05) is 29.8 Å². The highest BCUT2D eigenvalue weighted by molar-refractivity contribution is 9.10. The Labute approximate surface area is 169 Å². The zero-order chi connectivity index (χ0) is 19.3. The van der Waals surface area contributed by atoms with Crippen molar-refractivity contribution < 1.29 is 9.53 Å². The predicted molar refractivity (Wildman–Crippen MR) is 104 cm³/mol. The first-order valence-electron chi connectivity index (χ1n) is 8.94. The molecule has 5 rings (SSSR count). The monoisotopic (exact) mass is 440 g/mol. The van der Waals surface area contributed by atoms with Gasteiger partial charge in [0.1, 0.15) is 12.3 Å². The van der Waals surface area contributed by atoms with Crippen molar-refractivity contribution in [2.24, 2.45) is 0 Å². The highest BCUT2D eigenvalue weighted by Gasteiger charge is 2.42. The van der Waals surface area contributed by atoms with Crippen LogP contribution in [-0.4, -0.2) is 50.8 Å². The van der Waals surface area contributed by atoms with Crippen LogP contribution in [0.4, 0.5) is 0 Å². The van der Waals surface area contributed by atoms with Crippen LogP contribution in [0.15, 0.2) is 47.1 Å². The van der Waals surface area contributed by atoms with Crippen molar-refractivity contribution >= 4 is 21.8 Å². The molecule has 2 atom stereocenters. The molecule has 142 valence electrons. The van der Waals surface area contributed by atoms with Gasteiger partial charge in [-0.25, -0.2) is 9.67 Å². The van der Waals surface area contributed by atoms with E-state index in [1.165, 1.54) is 0 Å². The predicted octanol–water partition coefficient (Wildman–Crippen LogP) is 2.22. The number of benzene rings is 1. The molecule has 2 aromatic heterocycles. The molecule has 1 amide bonds. The molecule has 8 nitrogen and oxygen atoms in total. The van der Waals surface area contributed by atoms with Crippen LogP contribution in [0.1, 0.15) is 40.0 Å². The third-order valence-electron chi connectivity index (χ3n) is 5.02. The number of rotatable bonds is 2. The standard InChI is InChI=1S/C19H17BrN6O2/c1-21-18(27)16-23-17-15(13-4-2-3-7-22-13)25-8-9-28-19(25)12-10-11(20)5-6-14(12)26(17)24-16/h2-7,10,15,19H,8-9H2,1H3,(H,21,27). The van der Waals surface area contributed by atoms with E-state index in [2.05, 4.69) is 41.2 Å². The maximum absolute atomic E-state index is 12.2. The molecule has 1 saturated heterocycles. The van der Waals surface area contributed by atoms with Gasteiger partial charge in [0.05, 0.1) is 18.0 Å². The molecular weight excluding hydrogens is 424 g/mol. The summed E-state index contributed by atoms with van der Waals surface area (Å²) in [6.07, 6.45) is 1.52. The fourth-order valence-electron chi connectivity index (χ4n) is 3.81. The van der Waals surface area contributed by atoms with E-state index in [-0.39, 0.29) is 24.0 Å². The molecule has 1 aromatic carbocycles. The number of carbonyl (C=O) groups excluding carboxylic acids is 1. The van der Waals surface area contributed by atoms with Gasteiger partial charge in [0.2, 0.25) is 5.82 Å². The van der Waals surface area contributed by atoms with Crippen molar-refractivity contribution in [1.82, 2.24) is 30.0 Å². The Morgan fingerprint density at radius 1 is 1.32 bits per heavy atom. The van der Waals surface area contributed by atoms with E-state index in [4.69, 9.17) is 4.74 Å². The molecule has 2 aliphatic heterocycles. The molecule has 0 saturated carbocycles. The number of pyridine rings is 1. The van der Waals surface area contributed by atoms with Crippen LogP contribution < -0.4 is 5.32 Å². The first-order chi connectivity index (χ1) is 13.7. The zero-order valence-corrected chi connectivity index (χ0v) is 16.6. The summed E-state index contributed by atoms with van der Waals surface area (Å²) >= 11 is 3.56. The molecule has 2 aliphatic rings. The Morgan fingerprint density at radius 3 is 3.00 bits per heavy atom. The molecule has 28 heavy (non-hydrogen) atoms. The molecule has 1 N–H and O–H groups in total. The third kappa shape index (κ3) is 2.66. The van der Waals surface area contributed by atoms with E-state index in [1.807, 2.05) is 36.4 Å². The summed E-state index contributed by atoms with van der Waals surface area (Å²) in [4.78, 5) is 23.6. The second-order valence-electron chi connectivity index (χ2n) is 6.61. The van der Waals surface area contributed by atoms with Gasteiger partial charge in [-0.15, -0.1) is 5.10 Å². The molecule has 0 aliphatic carbocycles. The van der Waals surface area contributed by atoms with Crippen LogP contribution in [0, 0.1) is 0 Å². The summed E-state index contributed by atoms with van der Waals surface area (Å²) in [5.41, 5.74) is 2.65. The lowest BCUT2D eigenvalue weighted by Crippen LogP contribution is -2.30. The highest BCUT2D eigenvalue weighted by atomic mass is 79.9. The average Bonchev–Trinajstić information content (AvgIpc) is 3.35. The average molecular weight is 441 g/mol. The van der Waals surface area contributed by atoms with Gasteiger partial charge < -0.3 is 10.1 Å². The largest absolute Gasteiger partial charge is 0.357 e. The second-order valence-corrected chi connectivity index (χ2v) is 7.52. The fourth-order valence-corrected chi connectivity index (χ4v) is 4.19. The van der Waals surface area contributed by atoms with Crippen LogP contribution in [0.2, 0.25) is 0 Å². The van der Waals surface area contributed by atoms with Gasteiger partial charge in [0.15, 0.2) is 5.82 Å². The van der Waals surface area contributed by atoms with Crippen molar-refractivity contribution in [1.29, 1.82) is 0 Å². The van der Waals surface area contributed by atoms with Crippen LogP contribution >= 0.6 is 15.9 Å². The minimum absolute atomic E-state index is 0.130. The summed E-state index contributed by atoms with van der Waals surface area (Å²) < 4.78 is 8.79. The Morgan fingerprint density at radius 2 is 2.21 bits per heavy atom. The molecule has 0 radical (unpaired) electrons. The van der Waals surface area contributed by atoms with Crippen molar-refractivity contribution in [3.63, 3.8) is 0 Å². The van der Waals surface area contributed by atoms with Gasteiger partial charge >= 0.3 is 0 Å². The van der Waals surface area contributed by atoms with Crippen molar-refractivity contribution in [2.75, 3.05) is 20.2 Å². The summed E-state index contributed by atoms with van der Waals surface area (Å²) in [5, 5.41) is 7.13. The van der Waals surface area contributed by atoms with Gasteiger partial charge in [-0.2, -0.15) is 0 Å². The SMILES string of the molecule is CNC(=O)c1nc2n(n1)-c1ccc(Br)cc1C1OCCN1C2c1ccccn1. The molecular formula is C19H17BrN6O2. The van der Waals surface area contributed by atoms with E-state index >= 15 is 0 Å². The molecule has 4 heterocycles. The third-order valence-corrected chi connectivity index (χ3v) is 5.51. The minimum atomic E-state index is -0.326. The summed E-state index contributed by atoms with van der Waals surface area (Å²) in [6.45, 7) is 1.33. The molecule has 2 unspecified atom stereocenters. The maximum Gasteiger partial charge on any atom is 0.290 e. The number of hydrogen-bond acceptors (Lipinski definition) is 6. The van der Waals surface area contributed by atoms with E-state index < -0.39 is 0 Å². The van der Waals surface area contributed by atoms with Crippen molar-refractivity contribution in [3.05, 3.63) is 70.0 Å². The van der Waals surface area contributed by atoms with Crippen molar-refractivity contribution in [2.45, 2.75) is 12.3 Å². The minimum Gasteiger partial charge on any atom is -0.357 e. The summed E-state index contributed by atoms with van der Waals surface area (Å²) in [7, 11) is 1.57. The molecule has 3 aromatic rings. The Bertz CT molecular complexity index is 1050. The van der Waals surface area contributed by atoms with E-state index in [0.29, 0.717) is 12.4 Å². The quantitative estimate of drug-likeness (QED) is 0.657. The van der Waals surface area contributed by atoms with E-state index in [1.54, 1.807) is 17.9 Å². The van der Waals surface area contributed by atoms with Gasteiger partial charge in [-0.3, -0.25) is 14.7 Å². The number of nitrogens with zero attached hydrogens (tertiary/aromatic N) is 5. The number of nitrogens with one attached hydrogen (secondary N) is 1. The van der Waals surface area contributed by atoms with E-state index in [0.717, 1.165) is 28.0 Å². The number of fused-ring (bicyclic) bond motifs is 5. The normalized spacial score (nSPS) is 20.8. The number of hydrogen-bond donors (Lipinski definition) is 1. The topological polar surface area (TPSA) is 85.2 Å². The molecule has 9 heteroatoms. The number of halogens is 1. The molecule has 1 fully saturated rings. The van der Waals surface area contributed by atoms with Gasteiger partial charge in [0.25, 0.3) is 5.91 Å². The second kappa shape index (κ2) is 6.77.